The minimum absolute atomic E-state index is 0. The third-order valence-corrected chi connectivity index (χ3v) is 5.17. The number of rotatable bonds is 2. The molecule has 0 aliphatic rings. The second kappa shape index (κ2) is 8.87. The Labute approximate surface area is 187 Å². The van der Waals surface area contributed by atoms with Crippen molar-refractivity contribution in [2.24, 2.45) is 0 Å². The van der Waals surface area contributed by atoms with E-state index in [1.165, 1.54) is 54.9 Å². The minimum atomic E-state index is 0. The first kappa shape index (κ1) is 23.1. The standard InChI is InChI=1S/C23H22.2ClH.Hf/c1-14-5-6-15(2)21-11-18(10-20(14)21)9-19-12-22-16(3)7-8-17(4)23(22)13-19;;;/h5-8,10-13H,9H2,1-4H3;2*1H;/q-2;;;+4/p-2. The first-order valence-electron chi connectivity index (χ1n) is 8.34. The van der Waals surface area contributed by atoms with E-state index in [2.05, 4.69) is 76.2 Å². The Hall–Kier alpha value is -0.890. The number of benzene rings is 2. The predicted octanol–water partition coefficient (Wildman–Crippen LogP) is 0.261. The Morgan fingerprint density at radius 2 is 0.962 bits per heavy atom. The Kier molecular flexibility index (Phi) is 7.89. The zero-order chi connectivity index (χ0) is 16.1. The van der Waals surface area contributed by atoms with Crippen LogP contribution in [-0.4, -0.2) is 0 Å². The largest absolute Gasteiger partial charge is 4.00 e. The van der Waals surface area contributed by atoms with Gasteiger partial charge in [-0.05, 0) is 20.3 Å². The van der Waals surface area contributed by atoms with Gasteiger partial charge in [0.05, 0.1) is 0 Å². The molecule has 0 unspecified atom stereocenters. The van der Waals surface area contributed by atoms with Crippen LogP contribution >= 0.6 is 0 Å². The van der Waals surface area contributed by atoms with Crippen LogP contribution in [0.3, 0.4) is 0 Å². The Balaban J connectivity index is 0.00000113. The summed E-state index contributed by atoms with van der Waals surface area (Å²) in [6.07, 6.45) is 1.01. The molecule has 0 amide bonds. The summed E-state index contributed by atoms with van der Waals surface area (Å²) in [5.41, 5.74) is 8.32. The first-order chi connectivity index (χ1) is 11.0. The molecule has 0 atom stereocenters. The molecule has 0 saturated heterocycles. The van der Waals surface area contributed by atoms with E-state index >= 15 is 0 Å². The van der Waals surface area contributed by atoms with Gasteiger partial charge in [-0.3, -0.25) is 0 Å². The molecule has 0 spiro atoms. The summed E-state index contributed by atoms with van der Waals surface area (Å²) in [4.78, 5) is 0. The van der Waals surface area contributed by atoms with E-state index in [0.29, 0.717) is 0 Å². The van der Waals surface area contributed by atoms with Crippen molar-refractivity contribution >= 4 is 21.5 Å². The van der Waals surface area contributed by atoms with Gasteiger partial charge in [0, 0.05) is 0 Å². The molecule has 4 rings (SSSR count). The number of fused-ring (bicyclic) bond motifs is 2. The van der Waals surface area contributed by atoms with Crippen molar-refractivity contribution in [1.82, 2.24) is 0 Å². The van der Waals surface area contributed by atoms with Gasteiger partial charge < -0.3 is 24.8 Å². The van der Waals surface area contributed by atoms with Crippen LogP contribution in [0.5, 0.6) is 0 Å². The molecular formula is C23H22Cl2Hf. The van der Waals surface area contributed by atoms with Crippen LogP contribution in [0.15, 0.2) is 48.5 Å². The average Bonchev–Trinajstić information content (AvgIpc) is 3.13. The molecule has 132 valence electrons. The van der Waals surface area contributed by atoms with E-state index in [1.54, 1.807) is 0 Å². The summed E-state index contributed by atoms with van der Waals surface area (Å²) < 4.78 is 0. The van der Waals surface area contributed by atoms with Crippen molar-refractivity contribution < 1.29 is 50.7 Å². The normalized spacial score (nSPS) is 10.3. The number of hydrogen-bond donors (Lipinski definition) is 0. The maximum Gasteiger partial charge on any atom is 4.00 e. The Bertz CT molecular complexity index is 875. The smallest absolute Gasteiger partial charge is 1.00 e. The Morgan fingerprint density at radius 1 is 0.615 bits per heavy atom. The maximum absolute atomic E-state index is 2.37. The van der Waals surface area contributed by atoms with E-state index < -0.39 is 0 Å². The van der Waals surface area contributed by atoms with Crippen LogP contribution in [0.4, 0.5) is 0 Å². The van der Waals surface area contributed by atoms with Gasteiger partial charge in [0.25, 0.3) is 0 Å². The van der Waals surface area contributed by atoms with Gasteiger partial charge in [-0.25, -0.2) is 0 Å². The molecule has 0 aliphatic heterocycles. The molecular weight excluding hydrogens is 526 g/mol. The van der Waals surface area contributed by atoms with Crippen LogP contribution in [0, 0.1) is 27.7 Å². The second-order valence-electron chi connectivity index (χ2n) is 6.96. The molecule has 0 heterocycles. The van der Waals surface area contributed by atoms with Crippen LogP contribution in [0.1, 0.15) is 33.4 Å². The zero-order valence-electron chi connectivity index (χ0n) is 15.6. The summed E-state index contributed by atoms with van der Waals surface area (Å²) in [6.45, 7) is 8.81. The summed E-state index contributed by atoms with van der Waals surface area (Å²) in [7, 11) is 0. The van der Waals surface area contributed by atoms with Gasteiger partial charge in [-0.2, -0.15) is 12.1 Å². The maximum atomic E-state index is 2.37. The minimum Gasteiger partial charge on any atom is -1.00 e. The fourth-order valence-electron chi connectivity index (χ4n) is 3.74. The second-order valence-corrected chi connectivity index (χ2v) is 6.96. The van der Waals surface area contributed by atoms with Crippen LogP contribution in [-0.2, 0) is 32.3 Å². The molecule has 4 aromatic carbocycles. The third kappa shape index (κ3) is 4.01. The van der Waals surface area contributed by atoms with E-state index in [0.717, 1.165) is 6.42 Å². The monoisotopic (exact) mass is 548 g/mol. The van der Waals surface area contributed by atoms with Gasteiger partial charge in [-0.15, -0.1) is 68.1 Å². The Morgan fingerprint density at radius 3 is 1.31 bits per heavy atom. The fourth-order valence-corrected chi connectivity index (χ4v) is 3.74. The summed E-state index contributed by atoms with van der Waals surface area (Å²) in [5, 5.41) is 5.62. The summed E-state index contributed by atoms with van der Waals surface area (Å²) in [6, 6.07) is 18.4. The molecule has 0 aliphatic carbocycles. The molecule has 4 aromatic rings. The van der Waals surface area contributed by atoms with Gasteiger partial charge in [0.2, 0.25) is 0 Å². The number of halogens is 2. The van der Waals surface area contributed by atoms with Gasteiger partial charge in [0.1, 0.15) is 0 Å². The van der Waals surface area contributed by atoms with E-state index in [1.807, 2.05) is 0 Å². The van der Waals surface area contributed by atoms with Crippen molar-refractivity contribution in [3.63, 3.8) is 0 Å². The quantitative estimate of drug-likeness (QED) is 0.250. The number of hydrogen-bond acceptors (Lipinski definition) is 0. The van der Waals surface area contributed by atoms with Gasteiger partial charge >= 0.3 is 25.8 Å². The molecule has 0 aromatic heterocycles. The first-order valence-corrected chi connectivity index (χ1v) is 8.34. The topological polar surface area (TPSA) is 0 Å². The molecule has 26 heavy (non-hydrogen) atoms. The van der Waals surface area contributed by atoms with E-state index in [-0.39, 0.29) is 50.7 Å². The number of aryl methyl sites for hydroxylation is 4. The molecule has 0 saturated carbocycles. The van der Waals surface area contributed by atoms with E-state index in [4.69, 9.17) is 0 Å². The van der Waals surface area contributed by atoms with Crippen molar-refractivity contribution in [3.05, 3.63) is 81.9 Å². The van der Waals surface area contributed by atoms with Gasteiger partial charge in [0.15, 0.2) is 0 Å². The van der Waals surface area contributed by atoms with E-state index in [9.17, 15) is 0 Å². The van der Waals surface area contributed by atoms with Crippen LogP contribution in [0.25, 0.3) is 21.5 Å². The zero-order valence-corrected chi connectivity index (χ0v) is 20.7. The predicted molar refractivity (Wildman–Crippen MR) is 101 cm³/mol. The molecule has 3 heteroatoms. The molecule has 0 radical (unpaired) electrons. The fraction of sp³-hybridized carbons (Fsp3) is 0.217. The van der Waals surface area contributed by atoms with Crippen molar-refractivity contribution in [2.45, 2.75) is 34.1 Å². The van der Waals surface area contributed by atoms with Crippen molar-refractivity contribution in [2.75, 3.05) is 0 Å². The average molecular weight is 548 g/mol. The van der Waals surface area contributed by atoms with Crippen molar-refractivity contribution in [3.8, 4) is 0 Å². The summed E-state index contributed by atoms with van der Waals surface area (Å²) >= 11 is 0. The van der Waals surface area contributed by atoms with Crippen LogP contribution < -0.4 is 24.8 Å². The molecule has 0 bridgehead atoms. The van der Waals surface area contributed by atoms with Crippen LogP contribution in [0.2, 0.25) is 0 Å². The molecule has 0 nitrogen and oxygen atoms in total. The van der Waals surface area contributed by atoms with Gasteiger partial charge in [-0.1, -0.05) is 37.1 Å². The van der Waals surface area contributed by atoms with Crippen molar-refractivity contribution in [1.29, 1.82) is 0 Å². The third-order valence-electron chi connectivity index (χ3n) is 5.17. The summed E-state index contributed by atoms with van der Waals surface area (Å²) in [5.74, 6) is 0. The SMILES string of the molecule is Cc1ccc(C)c2[cH-]c(Cc3cc4c(C)ccc(C)c4[cH-]3)cc12.[Cl-].[Cl-].[Hf+4]. The molecule has 0 N–H and O–H groups in total. The molecule has 0 fully saturated rings.